The molecule has 106 valence electrons. The Kier molecular flexibility index (Phi) is 9.25. The van der Waals surface area contributed by atoms with Crippen molar-refractivity contribution in [2.75, 3.05) is 0 Å². The quantitative estimate of drug-likeness (QED) is 0.366. The highest BCUT2D eigenvalue weighted by Crippen LogP contribution is 2.14. The summed E-state index contributed by atoms with van der Waals surface area (Å²) < 4.78 is 10.3. The van der Waals surface area contributed by atoms with E-state index in [0.29, 0.717) is 25.7 Å². The molecule has 0 aliphatic heterocycles. The largest absolute Gasteiger partial charge is 0.462 e. The van der Waals surface area contributed by atoms with Crippen molar-refractivity contribution < 1.29 is 19.1 Å². The van der Waals surface area contributed by atoms with Crippen LogP contribution < -0.4 is 0 Å². The van der Waals surface area contributed by atoms with Gasteiger partial charge in [-0.1, -0.05) is 6.08 Å². The fourth-order valence-electron chi connectivity index (χ4n) is 1.79. The van der Waals surface area contributed by atoms with E-state index in [4.69, 9.17) is 15.9 Å². The number of esters is 2. The van der Waals surface area contributed by atoms with Gasteiger partial charge in [-0.05, 0) is 19.3 Å². The molecule has 2 atom stereocenters. The molecule has 0 fully saturated rings. The highest BCUT2D eigenvalue weighted by Gasteiger charge is 2.14. The third kappa shape index (κ3) is 9.90. The van der Waals surface area contributed by atoms with E-state index in [1.165, 1.54) is 13.8 Å². The van der Waals surface area contributed by atoms with Crippen molar-refractivity contribution in [3.8, 4) is 12.3 Å². The Morgan fingerprint density at radius 2 is 1.74 bits per heavy atom. The van der Waals surface area contributed by atoms with Gasteiger partial charge in [0.1, 0.15) is 12.2 Å². The molecule has 0 aromatic rings. The molecule has 0 bridgehead atoms. The van der Waals surface area contributed by atoms with Crippen molar-refractivity contribution in [2.24, 2.45) is 0 Å². The summed E-state index contributed by atoms with van der Waals surface area (Å²) in [7, 11) is 0. The fraction of sp³-hybridized carbons (Fsp3) is 0.600. The molecule has 0 aromatic carbocycles. The Bertz CT molecular complexity index is 341. The van der Waals surface area contributed by atoms with Crippen LogP contribution in [0.1, 0.15) is 46.0 Å². The van der Waals surface area contributed by atoms with Gasteiger partial charge in [-0.3, -0.25) is 9.59 Å². The average Bonchev–Trinajstić information content (AvgIpc) is 2.27. The molecule has 19 heavy (non-hydrogen) atoms. The van der Waals surface area contributed by atoms with Crippen LogP contribution in [0.3, 0.4) is 0 Å². The molecule has 0 spiro atoms. The Hall–Kier alpha value is -1.76. The van der Waals surface area contributed by atoms with Gasteiger partial charge in [-0.15, -0.1) is 18.9 Å². The van der Waals surface area contributed by atoms with Crippen LogP contribution in [0.5, 0.6) is 0 Å². The van der Waals surface area contributed by atoms with Crippen molar-refractivity contribution >= 4 is 11.9 Å². The second-order valence-corrected chi connectivity index (χ2v) is 4.33. The first-order valence-corrected chi connectivity index (χ1v) is 6.38. The second kappa shape index (κ2) is 10.2. The average molecular weight is 266 g/mol. The zero-order valence-corrected chi connectivity index (χ0v) is 11.7. The second-order valence-electron chi connectivity index (χ2n) is 4.33. The lowest BCUT2D eigenvalue weighted by atomic mass is 10.0. The van der Waals surface area contributed by atoms with Gasteiger partial charge in [0.15, 0.2) is 0 Å². The van der Waals surface area contributed by atoms with Crippen LogP contribution in [0.2, 0.25) is 0 Å². The van der Waals surface area contributed by atoms with Gasteiger partial charge < -0.3 is 9.47 Å². The van der Waals surface area contributed by atoms with Crippen LogP contribution in [0, 0.1) is 12.3 Å². The van der Waals surface area contributed by atoms with Gasteiger partial charge in [-0.25, -0.2) is 0 Å². The first-order chi connectivity index (χ1) is 8.99. The van der Waals surface area contributed by atoms with E-state index >= 15 is 0 Å². The van der Waals surface area contributed by atoms with E-state index in [1.54, 1.807) is 6.08 Å². The maximum absolute atomic E-state index is 10.9. The van der Waals surface area contributed by atoms with E-state index in [2.05, 4.69) is 12.5 Å². The van der Waals surface area contributed by atoms with Crippen LogP contribution in [-0.2, 0) is 19.1 Å². The van der Waals surface area contributed by atoms with Crippen molar-refractivity contribution in [2.45, 2.75) is 58.2 Å². The molecular formula is C15H22O4. The van der Waals surface area contributed by atoms with Crippen molar-refractivity contribution in [1.29, 1.82) is 0 Å². The Morgan fingerprint density at radius 3 is 2.21 bits per heavy atom. The van der Waals surface area contributed by atoms with Gasteiger partial charge in [0.25, 0.3) is 0 Å². The lowest BCUT2D eigenvalue weighted by Gasteiger charge is -2.18. The zero-order valence-electron chi connectivity index (χ0n) is 11.7. The molecular weight excluding hydrogens is 244 g/mol. The molecule has 0 saturated heterocycles. The normalized spacial score (nSPS) is 12.9. The van der Waals surface area contributed by atoms with Crippen molar-refractivity contribution in [3.05, 3.63) is 12.7 Å². The predicted octanol–water partition coefficient (Wildman–Crippen LogP) is 2.62. The first-order valence-electron chi connectivity index (χ1n) is 6.38. The van der Waals surface area contributed by atoms with Crippen LogP contribution in [-0.4, -0.2) is 24.1 Å². The third-order valence-electron chi connectivity index (χ3n) is 2.49. The molecule has 4 nitrogen and oxygen atoms in total. The molecule has 0 heterocycles. The van der Waals surface area contributed by atoms with E-state index in [0.717, 1.165) is 6.42 Å². The molecule has 4 heteroatoms. The zero-order chi connectivity index (χ0) is 14.7. The van der Waals surface area contributed by atoms with Gasteiger partial charge in [0, 0.05) is 26.7 Å². The molecule has 0 N–H and O–H groups in total. The lowest BCUT2D eigenvalue weighted by Crippen LogP contribution is -2.19. The Labute approximate surface area is 115 Å². The minimum Gasteiger partial charge on any atom is -0.462 e. The summed E-state index contributed by atoms with van der Waals surface area (Å²) in [6, 6.07) is 0. The molecule has 0 radical (unpaired) electrons. The molecule has 0 saturated carbocycles. The van der Waals surface area contributed by atoms with E-state index < -0.39 is 0 Å². The summed E-state index contributed by atoms with van der Waals surface area (Å²) in [5.74, 6) is 1.86. The smallest absolute Gasteiger partial charge is 0.302 e. The maximum Gasteiger partial charge on any atom is 0.302 e. The van der Waals surface area contributed by atoms with Gasteiger partial charge in [-0.2, -0.15) is 0 Å². The number of carbonyl (C=O) groups is 2. The van der Waals surface area contributed by atoms with Gasteiger partial charge in [0.05, 0.1) is 0 Å². The topological polar surface area (TPSA) is 52.6 Å². The van der Waals surface area contributed by atoms with Crippen LogP contribution in [0.25, 0.3) is 0 Å². The molecule has 0 aliphatic rings. The van der Waals surface area contributed by atoms with Crippen LogP contribution >= 0.6 is 0 Å². The Balaban J connectivity index is 4.12. The summed E-state index contributed by atoms with van der Waals surface area (Å²) in [6.45, 7) is 6.38. The summed E-state index contributed by atoms with van der Waals surface area (Å²) in [5.41, 5.74) is 0. The highest BCUT2D eigenvalue weighted by atomic mass is 16.5. The molecule has 0 rings (SSSR count). The van der Waals surface area contributed by atoms with Gasteiger partial charge in [0.2, 0.25) is 0 Å². The molecule has 0 unspecified atom stereocenters. The number of terminal acetylenes is 1. The SMILES string of the molecule is C#CC[C@@H](CCC[C@H](CC=C)OC(C)=O)OC(C)=O. The number of hydrogen-bond donors (Lipinski definition) is 0. The van der Waals surface area contributed by atoms with Crippen molar-refractivity contribution in [1.82, 2.24) is 0 Å². The van der Waals surface area contributed by atoms with Crippen molar-refractivity contribution in [3.63, 3.8) is 0 Å². The number of hydrogen-bond acceptors (Lipinski definition) is 4. The highest BCUT2D eigenvalue weighted by molar-refractivity contribution is 5.66. The van der Waals surface area contributed by atoms with Gasteiger partial charge >= 0.3 is 11.9 Å². The predicted molar refractivity (Wildman–Crippen MR) is 73.2 cm³/mol. The standard InChI is InChI=1S/C15H22O4/c1-5-8-14(18-12(3)16)10-7-11-15(9-6-2)19-13(4)17/h1,6,14-15H,2,7-11H2,3-4H3/t14-,15-/m0/s1. The molecule has 0 aliphatic carbocycles. The Morgan fingerprint density at radius 1 is 1.21 bits per heavy atom. The lowest BCUT2D eigenvalue weighted by molar-refractivity contribution is -0.146. The first kappa shape index (κ1) is 17.2. The fourth-order valence-corrected chi connectivity index (χ4v) is 1.79. The maximum atomic E-state index is 10.9. The summed E-state index contributed by atoms with van der Waals surface area (Å²) in [6.07, 6.45) is 9.68. The number of rotatable bonds is 9. The summed E-state index contributed by atoms with van der Waals surface area (Å²) in [4.78, 5) is 21.8. The summed E-state index contributed by atoms with van der Waals surface area (Å²) >= 11 is 0. The van der Waals surface area contributed by atoms with E-state index in [9.17, 15) is 9.59 Å². The number of carbonyl (C=O) groups excluding carboxylic acids is 2. The monoisotopic (exact) mass is 266 g/mol. The van der Waals surface area contributed by atoms with E-state index in [1.807, 2.05) is 0 Å². The van der Waals surface area contributed by atoms with E-state index in [-0.39, 0.29) is 24.1 Å². The molecule has 0 aromatic heterocycles. The third-order valence-corrected chi connectivity index (χ3v) is 2.49. The minimum absolute atomic E-state index is 0.168. The number of ether oxygens (including phenoxy) is 2. The minimum atomic E-state index is -0.331. The summed E-state index contributed by atoms with van der Waals surface area (Å²) in [5, 5.41) is 0. The van der Waals surface area contributed by atoms with Crippen LogP contribution in [0.15, 0.2) is 12.7 Å². The van der Waals surface area contributed by atoms with Crippen LogP contribution in [0.4, 0.5) is 0 Å². The molecule has 0 amide bonds.